The van der Waals surface area contributed by atoms with Gasteiger partial charge in [-0.3, -0.25) is 10.2 Å². The van der Waals surface area contributed by atoms with E-state index in [1.165, 1.54) is 6.07 Å². The smallest absolute Gasteiger partial charge is 0.282 e. The molecule has 0 fully saturated rings. The van der Waals surface area contributed by atoms with E-state index in [1.807, 2.05) is 24.3 Å². The van der Waals surface area contributed by atoms with Gasteiger partial charge in [-0.2, -0.15) is 0 Å². The second kappa shape index (κ2) is 6.15. The number of hydrazine groups is 1. The van der Waals surface area contributed by atoms with Gasteiger partial charge in [0.25, 0.3) is 15.9 Å². The Bertz CT molecular complexity index is 982. The van der Waals surface area contributed by atoms with Crippen molar-refractivity contribution in [3.63, 3.8) is 0 Å². The van der Waals surface area contributed by atoms with Crippen molar-refractivity contribution in [2.24, 2.45) is 0 Å². The van der Waals surface area contributed by atoms with Gasteiger partial charge < -0.3 is 4.98 Å². The third kappa shape index (κ3) is 3.44. The number of carbonyl (C=O) groups is 1. The molecule has 6 nitrogen and oxygen atoms in total. The summed E-state index contributed by atoms with van der Waals surface area (Å²) in [6, 6.07) is 13.7. The van der Waals surface area contributed by atoms with Crippen molar-refractivity contribution in [2.75, 3.05) is 0 Å². The van der Waals surface area contributed by atoms with Gasteiger partial charge in [-0.05, 0) is 44.9 Å². The molecule has 0 aliphatic carbocycles. The summed E-state index contributed by atoms with van der Waals surface area (Å²) in [7, 11) is -3.86. The number of fused-ring (bicyclic) bond motifs is 1. The summed E-state index contributed by atoms with van der Waals surface area (Å²) >= 11 is 3.20. The van der Waals surface area contributed by atoms with Crippen LogP contribution in [0.4, 0.5) is 0 Å². The summed E-state index contributed by atoms with van der Waals surface area (Å²) in [4.78, 5) is 16.7. The second-order valence-corrected chi connectivity index (χ2v) is 7.40. The van der Waals surface area contributed by atoms with Crippen molar-refractivity contribution in [2.45, 2.75) is 4.90 Å². The molecule has 8 heteroatoms. The molecule has 3 N–H and O–H groups in total. The Morgan fingerprint density at radius 3 is 2.48 bits per heavy atom. The maximum Gasteiger partial charge on any atom is 0.282 e. The number of amides is 1. The topological polar surface area (TPSA) is 91.1 Å². The lowest BCUT2D eigenvalue weighted by atomic mass is 10.1. The molecule has 0 atom stereocenters. The van der Waals surface area contributed by atoms with Crippen LogP contribution >= 0.6 is 15.9 Å². The van der Waals surface area contributed by atoms with Crippen molar-refractivity contribution in [3.8, 4) is 0 Å². The molecule has 3 rings (SSSR count). The summed E-state index contributed by atoms with van der Waals surface area (Å²) in [6.07, 6.45) is 1.58. The van der Waals surface area contributed by atoms with Crippen molar-refractivity contribution in [1.29, 1.82) is 0 Å². The number of aromatic nitrogens is 1. The van der Waals surface area contributed by atoms with E-state index in [4.69, 9.17) is 0 Å². The summed E-state index contributed by atoms with van der Waals surface area (Å²) in [5.74, 6) is -0.583. The fourth-order valence-electron chi connectivity index (χ4n) is 2.07. The van der Waals surface area contributed by atoms with Gasteiger partial charge in [-0.25, -0.2) is 8.42 Å². The predicted octanol–water partition coefficient (Wildman–Crippen LogP) is 2.55. The van der Waals surface area contributed by atoms with Gasteiger partial charge in [-0.15, -0.1) is 4.83 Å². The van der Waals surface area contributed by atoms with Crippen LogP contribution in [0.15, 0.2) is 64.1 Å². The van der Waals surface area contributed by atoms with Gasteiger partial charge in [0, 0.05) is 10.7 Å². The molecule has 0 spiro atoms. The van der Waals surface area contributed by atoms with Crippen LogP contribution in [-0.2, 0) is 10.0 Å². The third-order valence-electron chi connectivity index (χ3n) is 3.22. The van der Waals surface area contributed by atoms with Gasteiger partial charge >= 0.3 is 0 Å². The van der Waals surface area contributed by atoms with Crippen molar-refractivity contribution in [3.05, 3.63) is 64.9 Å². The van der Waals surface area contributed by atoms with Crippen LogP contribution in [0.5, 0.6) is 0 Å². The monoisotopic (exact) mass is 393 g/mol. The molecular weight excluding hydrogens is 382 g/mol. The van der Waals surface area contributed by atoms with E-state index >= 15 is 0 Å². The quantitative estimate of drug-likeness (QED) is 0.594. The van der Waals surface area contributed by atoms with Crippen LogP contribution in [0.3, 0.4) is 0 Å². The Balaban J connectivity index is 1.79. The van der Waals surface area contributed by atoms with E-state index in [0.29, 0.717) is 4.47 Å². The molecule has 0 radical (unpaired) electrons. The SMILES string of the molecule is O=C(NNS(=O)(=O)c1ccc2ccccc2c1)c1cc(Br)c[nH]1. The number of benzene rings is 2. The molecule has 0 aliphatic rings. The highest BCUT2D eigenvalue weighted by molar-refractivity contribution is 9.10. The number of rotatable bonds is 4. The molecule has 1 aromatic heterocycles. The van der Waals surface area contributed by atoms with Gasteiger partial charge in [0.1, 0.15) is 5.69 Å². The predicted molar refractivity (Wildman–Crippen MR) is 90.2 cm³/mol. The first-order valence-electron chi connectivity index (χ1n) is 6.60. The van der Waals surface area contributed by atoms with Crippen LogP contribution in [0.1, 0.15) is 10.5 Å². The molecule has 0 bridgehead atoms. The Morgan fingerprint density at radius 2 is 1.78 bits per heavy atom. The van der Waals surface area contributed by atoms with Gasteiger partial charge in [-0.1, -0.05) is 30.3 Å². The van der Waals surface area contributed by atoms with Crippen LogP contribution in [0.25, 0.3) is 10.8 Å². The van der Waals surface area contributed by atoms with E-state index in [0.717, 1.165) is 10.8 Å². The number of aromatic amines is 1. The molecule has 1 heterocycles. The third-order valence-corrected chi connectivity index (χ3v) is 4.93. The van der Waals surface area contributed by atoms with Gasteiger partial charge in [0.2, 0.25) is 0 Å². The molecular formula is C15H12BrN3O3S. The first-order valence-corrected chi connectivity index (χ1v) is 8.88. The molecule has 3 aromatic rings. The number of halogens is 1. The minimum atomic E-state index is -3.86. The zero-order valence-corrected chi connectivity index (χ0v) is 14.1. The fourth-order valence-corrected chi connectivity index (χ4v) is 3.29. The van der Waals surface area contributed by atoms with Crippen molar-refractivity contribution in [1.82, 2.24) is 15.2 Å². The van der Waals surface area contributed by atoms with Crippen LogP contribution in [0.2, 0.25) is 0 Å². The highest BCUT2D eigenvalue weighted by Crippen LogP contribution is 2.18. The number of H-pyrrole nitrogens is 1. The lowest BCUT2D eigenvalue weighted by molar-refractivity contribution is 0.0940. The van der Waals surface area contributed by atoms with Gasteiger partial charge in [0.15, 0.2) is 0 Å². The maximum absolute atomic E-state index is 12.3. The van der Waals surface area contributed by atoms with E-state index in [9.17, 15) is 13.2 Å². The molecule has 118 valence electrons. The van der Waals surface area contributed by atoms with Crippen molar-refractivity contribution >= 4 is 42.6 Å². The number of nitrogens with one attached hydrogen (secondary N) is 3. The lowest BCUT2D eigenvalue weighted by Gasteiger charge is -2.08. The largest absolute Gasteiger partial charge is 0.356 e. The summed E-state index contributed by atoms with van der Waals surface area (Å²) in [6.45, 7) is 0. The first-order chi connectivity index (χ1) is 11.0. The standard InChI is InChI=1S/C15H12BrN3O3S/c16-12-8-14(17-9-12)15(20)18-19-23(21,22)13-6-5-10-3-1-2-4-11(10)7-13/h1-9,17,19H,(H,18,20). The fraction of sp³-hybridized carbons (Fsp3) is 0. The Morgan fingerprint density at radius 1 is 1.04 bits per heavy atom. The maximum atomic E-state index is 12.3. The van der Waals surface area contributed by atoms with Gasteiger partial charge in [0.05, 0.1) is 4.90 Å². The van der Waals surface area contributed by atoms with Crippen LogP contribution in [-0.4, -0.2) is 19.3 Å². The lowest BCUT2D eigenvalue weighted by Crippen LogP contribution is -2.41. The number of hydrogen-bond acceptors (Lipinski definition) is 3. The van der Waals surface area contributed by atoms with Crippen LogP contribution < -0.4 is 10.3 Å². The zero-order chi connectivity index (χ0) is 16.4. The molecule has 2 aromatic carbocycles. The number of carbonyl (C=O) groups excluding carboxylic acids is 1. The Kier molecular flexibility index (Phi) is 4.20. The van der Waals surface area contributed by atoms with E-state index in [-0.39, 0.29) is 10.6 Å². The molecule has 0 saturated carbocycles. The Labute approximate surface area is 141 Å². The Hall–Kier alpha value is -2.16. The minimum Gasteiger partial charge on any atom is -0.356 e. The van der Waals surface area contributed by atoms with E-state index in [2.05, 4.69) is 31.2 Å². The van der Waals surface area contributed by atoms with E-state index in [1.54, 1.807) is 24.4 Å². The summed E-state index contributed by atoms with van der Waals surface area (Å²) in [5.41, 5.74) is 2.40. The molecule has 0 unspecified atom stereocenters. The zero-order valence-electron chi connectivity index (χ0n) is 11.7. The average molecular weight is 394 g/mol. The van der Waals surface area contributed by atoms with Crippen molar-refractivity contribution < 1.29 is 13.2 Å². The summed E-state index contributed by atoms with van der Waals surface area (Å²) in [5, 5.41) is 1.74. The molecule has 0 aliphatic heterocycles. The first kappa shape index (κ1) is 15.7. The van der Waals surface area contributed by atoms with Crippen LogP contribution in [0, 0.1) is 0 Å². The molecule has 23 heavy (non-hydrogen) atoms. The molecule has 0 saturated heterocycles. The second-order valence-electron chi connectivity index (χ2n) is 4.80. The highest BCUT2D eigenvalue weighted by Gasteiger charge is 2.16. The molecule has 1 amide bonds. The highest BCUT2D eigenvalue weighted by atomic mass is 79.9. The average Bonchev–Trinajstić information content (AvgIpc) is 2.99. The summed E-state index contributed by atoms with van der Waals surface area (Å²) < 4.78 is 25.2. The van der Waals surface area contributed by atoms with E-state index < -0.39 is 15.9 Å². The number of hydrogen-bond donors (Lipinski definition) is 3. The normalized spacial score (nSPS) is 11.5. The number of sulfonamides is 1. The minimum absolute atomic E-state index is 0.0733.